The number of nitrogens with two attached hydrogens (primary N) is 1. The number of ether oxygens (including phenoxy) is 2. The molecule has 1 aromatic rings. The first-order chi connectivity index (χ1) is 9.11. The van der Waals surface area contributed by atoms with Gasteiger partial charge in [0.2, 0.25) is 5.91 Å². The van der Waals surface area contributed by atoms with E-state index in [0.29, 0.717) is 37.7 Å². The molecule has 19 heavy (non-hydrogen) atoms. The lowest BCUT2D eigenvalue weighted by atomic mass is 10.3. The summed E-state index contributed by atoms with van der Waals surface area (Å²) in [5.41, 5.74) is 6.26. The third-order valence-corrected chi connectivity index (χ3v) is 2.46. The van der Waals surface area contributed by atoms with E-state index >= 15 is 0 Å². The van der Waals surface area contributed by atoms with Crippen LogP contribution in [0.3, 0.4) is 0 Å². The second kappa shape index (κ2) is 8.37. The maximum absolute atomic E-state index is 11.6. The highest BCUT2D eigenvalue weighted by Crippen LogP contribution is 2.13. The number of carbonyl (C=O) groups excluding carboxylic acids is 1. The van der Waals surface area contributed by atoms with Gasteiger partial charge in [0.25, 0.3) is 0 Å². The second-order valence-electron chi connectivity index (χ2n) is 4.30. The van der Waals surface area contributed by atoms with Gasteiger partial charge >= 0.3 is 0 Å². The summed E-state index contributed by atoms with van der Waals surface area (Å²) in [7, 11) is 0. The van der Waals surface area contributed by atoms with Gasteiger partial charge in [-0.2, -0.15) is 0 Å². The van der Waals surface area contributed by atoms with Crippen molar-refractivity contribution in [1.29, 1.82) is 0 Å². The number of carbonyl (C=O) groups is 1. The molecule has 1 unspecified atom stereocenters. The predicted octanol–water partition coefficient (Wildman–Crippen LogP) is 1.58. The van der Waals surface area contributed by atoms with E-state index in [0.717, 1.165) is 0 Å². The molecule has 0 bridgehead atoms. The van der Waals surface area contributed by atoms with Crippen LogP contribution in [0.25, 0.3) is 0 Å². The highest BCUT2D eigenvalue weighted by Gasteiger charge is 2.07. The van der Waals surface area contributed by atoms with Crippen LogP contribution >= 0.6 is 0 Å². The molecular formula is C14H22N2O3. The van der Waals surface area contributed by atoms with Crippen LogP contribution in [0.15, 0.2) is 24.3 Å². The molecule has 1 amide bonds. The average Bonchev–Trinajstić information content (AvgIpc) is 2.38. The van der Waals surface area contributed by atoms with Crippen molar-refractivity contribution in [2.45, 2.75) is 26.3 Å². The molecule has 0 aromatic heterocycles. The molecular weight excluding hydrogens is 244 g/mol. The van der Waals surface area contributed by atoms with Gasteiger partial charge in [-0.25, -0.2) is 0 Å². The number of nitrogens with one attached hydrogen (secondary N) is 1. The van der Waals surface area contributed by atoms with Crippen molar-refractivity contribution in [3.05, 3.63) is 24.3 Å². The first-order valence-electron chi connectivity index (χ1n) is 6.47. The van der Waals surface area contributed by atoms with Gasteiger partial charge in [-0.3, -0.25) is 4.79 Å². The average molecular weight is 266 g/mol. The molecule has 0 spiro atoms. The van der Waals surface area contributed by atoms with Crippen LogP contribution in [0.4, 0.5) is 5.69 Å². The number of rotatable bonds is 8. The van der Waals surface area contributed by atoms with Crippen molar-refractivity contribution < 1.29 is 14.3 Å². The summed E-state index contributed by atoms with van der Waals surface area (Å²) in [4.78, 5) is 11.6. The van der Waals surface area contributed by atoms with Gasteiger partial charge in [0.05, 0.1) is 19.6 Å². The first kappa shape index (κ1) is 15.3. The molecule has 0 fully saturated rings. The van der Waals surface area contributed by atoms with Crippen LogP contribution in [0.1, 0.15) is 20.3 Å². The van der Waals surface area contributed by atoms with Crippen LogP contribution < -0.4 is 15.8 Å². The van der Waals surface area contributed by atoms with Gasteiger partial charge in [0.15, 0.2) is 0 Å². The highest BCUT2D eigenvalue weighted by atomic mass is 16.5. The number of hydrogen-bond donors (Lipinski definition) is 2. The monoisotopic (exact) mass is 266 g/mol. The Morgan fingerprint density at radius 2 is 2.05 bits per heavy atom. The van der Waals surface area contributed by atoms with Crippen LogP contribution in [-0.4, -0.2) is 31.8 Å². The summed E-state index contributed by atoms with van der Waals surface area (Å²) < 4.78 is 10.7. The van der Waals surface area contributed by atoms with E-state index in [1.807, 2.05) is 13.8 Å². The van der Waals surface area contributed by atoms with Crippen molar-refractivity contribution in [2.24, 2.45) is 0 Å². The Morgan fingerprint density at radius 1 is 1.37 bits per heavy atom. The number of anilines is 1. The largest absolute Gasteiger partial charge is 0.493 e. The van der Waals surface area contributed by atoms with Gasteiger partial charge in [0.1, 0.15) is 5.75 Å². The maximum Gasteiger partial charge on any atom is 0.223 e. The van der Waals surface area contributed by atoms with E-state index in [-0.39, 0.29) is 11.9 Å². The summed E-state index contributed by atoms with van der Waals surface area (Å²) in [6, 6.07) is 7.11. The molecule has 0 saturated carbocycles. The molecule has 0 heterocycles. The van der Waals surface area contributed by atoms with Crippen molar-refractivity contribution >= 4 is 11.6 Å². The van der Waals surface area contributed by atoms with E-state index in [4.69, 9.17) is 15.2 Å². The Morgan fingerprint density at radius 3 is 2.68 bits per heavy atom. The van der Waals surface area contributed by atoms with Crippen molar-refractivity contribution in [2.75, 3.05) is 25.6 Å². The molecule has 0 radical (unpaired) electrons. The molecule has 1 aromatic carbocycles. The summed E-state index contributed by atoms with van der Waals surface area (Å²) in [6.07, 6.45) is 0.320. The molecule has 3 N–H and O–H groups in total. The Labute approximate surface area is 114 Å². The fourth-order valence-corrected chi connectivity index (χ4v) is 1.51. The van der Waals surface area contributed by atoms with Gasteiger partial charge in [0, 0.05) is 18.3 Å². The van der Waals surface area contributed by atoms with Gasteiger partial charge in [-0.05, 0) is 38.1 Å². The van der Waals surface area contributed by atoms with E-state index in [2.05, 4.69) is 5.32 Å². The summed E-state index contributed by atoms with van der Waals surface area (Å²) in [5, 5.41) is 2.85. The lowest BCUT2D eigenvalue weighted by Crippen LogP contribution is -2.36. The zero-order valence-corrected chi connectivity index (χ0v) is 11.5. The van der Waals surface area contributed by atoms with Gasteiger partial charge < -0.3 is 20.5 Å². The summed E-state index contributed by atoms with van der Waals surface area (Å²) >= 11 is 0. The van der Waals surface area contributed by atoms with Crippen molar-refractivity contribution in [1.82, 2.24) is 5.32 Å². The zero-order valence-electron chi connectivity index (χ0n) is 11.5. The molecule has 0 aliphatic heterocycles. The van der Waals surface area contributed by atoms with Crippen LogP contribution in [0.5, 0.6) is 5.75 Å². The molecule has 5 nitrogen and oxygen atoms in total. The molecule has 0 saturated heterocycles. The quantitative estimate of drug-likeness (QED) is 0.701. The lowest BCUT2D eigenvalue weighted by Gasteiger charge is -2.13. The minimum absolute atomic E-state index is 0.0176. The Bertz CT molecular complexity index is 379. The minimum atomic E-state index is -0.0392. The molecule has 106 valence electrons. The summed E-state index contributed by atoms with van der Waals surface area (Å²) in [5.74, 6) is 0.673. The number of amides is 1. The second-order valence-corrected chi connectivity index (χ2v) is 4.30. The van der Waals surface area contributed by atoms with E-state index in [9.17, 15) is 4.79 Å². The van der Waals surface area contributed by atoms with Crippen LogP contribution in [-0.2, 0) is 9.53 Å². The maximum atomic E-state index is 11.6. The molecule has 1 atom stereocenters. The molecule has 0 aliphatic carbocycles. The highest BCUT2D eigenvalue weighted by molar-refractivity contribution is 5.76. The Kier molecular flexibility index (Phi) is 6.74. The minimum Gasteiger partial charge on any atom is -0.493 e. The fraction of sp³-hybridized carbons (Fsp3) is 0.500. The van der Waals surface area contributed by atoms with Gasteiger partial charge in [-0.15, -0.1) is 0 Å². The number of benzene rings is 1. The normalized spacial score (nSPS) is 11.9. The Balaban J connectivity index is 2.18. The smallest absolute Gasteiger partial charge is 0.223 e. The third kappa shape index (κ3) is 6.67. The molecule has 5 heteroatoms. The standard InChI is InChI=1S/C14H22N2O3/c1-3-18-10-11(2)16-14(17)8-9-19-13-6-4-12(15)5-7-13/h4-7,11H,3,8-10,15H2,1-2H3,(H,16,17). The number of hydrogen-bond acceptors (Lipinski definition) is 4. The summed E-state index contributed by atoms with van der Waals surface area (Å²) in [6.45, 7) is 5.36. The topological polar surface area (TPSA) is 73.6 Å². The van der Waals surface area contributed by atoms with Crippen LogP contribution in [0.2, 0.25) is 0 Å². The predicted molar refractivity (Wildman–Crippen MR) is 75.1 cm³/mol. The van der Waals surface area contributed by atoms with Gasteiger partial charge in [-0.1, -0.05) is 0 Å². The van der Waals surface area contributed by atoms with E-state index in [1.54, 1.807) is 24.3 Å². The van der Waals surface area contributed by atoms with Crippen molar-refractivity contribution in [3.8, 4) is 5.75 Å². The number of nitrogen functional groups attached to an aromatic ring is 1. The SMILES string of the molecule is CCOCC(C)NC(=O)CCOc1ccc(N)cc1. The van der Waals surface area contributed by atoms with Crippen LogP contribution in [0, 0.1) is 0 Å². The van der Waals surface area contributed by atoms with E-state index in [1.165, 1.54) is 0 Å². The molecule has 1 rings (SSSR count). The fourth-order valence-electron chi connectivity index (χ4n) is 1.51. The lowest BCUT2D eigenvalue weighted by molar-refractivity contribution is -0.122. The Hall–Kier alpha value is -1.75. The zero-order chi connectivity index (χ0) is 14.1. The van der Waals surface area contributed by atoms with Crippen molar-refractivity contribution in [3.63, 3.8) is 0 Å². The van der Waals surface area contributed by atoms with E-state index < -0.39 is 0 Å². The third-order valence-electron chi connectivity index (χ3n) is 2.46. The first-order valence-corrected chi connectivity index (χ1v) is 6.47. The molecule has 0 aliphatic rings.